The van der Waals surface area contributed by atoms with Crippen LogP contribution in [0.15, 0.2) is 29.2 Å². The minimum absolute atomic E-state index is 0.0284. The molecule has 0 bridgehead atoms. The Labute approximate surface area is 208 Å². The van der Waals surface area contributed by atoms with Crippen molar-refractivity contribution < 1.29 is 14.3 Å². The fourth-order valence-corrected chi connectivity index (χ4v) is 7.15. The fourth-order valence-electron chi connectivity index (χ4n) is 3.69. The van der Waals surface area contributed by atoms with E-state index in [1.807, 2.05) is 30.4 Å². The number of esters is 1. The Hall–Kier alpha value is -1.20. The third kappa shape index (κ3) is 6.22. The molecule has 1 aliphatic heterocycles. The predicted molar refractivity (Wildman–Crippen MR) is 142 cm³/mol. The van der Waals surface area contributed by atoms with Gasteiger partial charge in [-0.15, -0.1) is 46.6 Å². The van der Waals surface area contributed by atoms with Crippen LogP contribution in [-0.4, -0.2) is 38.0 Å². The quantitative estimate of drug-likeness (QED) is 0.122. The van der Waals surface area contributed by atoms with E-state index < -0.39 is 0 Å². The molecule has 0 amide bonds. The second kappa shape index (κ2) is 12.3. The van der Waals surface area contributed by atoms with Crippen molar-refractivity contribution in [1.82, 2.24) is 0 Å². The van der Waals surface area contributed by atoms with Gasteiger partial charge in [0.05, 0.1) is 22.2 Å². The maximum atomic E-state index is 11.4. The van der Waals surface area contributed by atoms with Gasteiger partial charge in [-0.2, -0.15) is 0 Å². The van der Waals surface area contributed by atoms with Crippen LogP contribution >= 0.6 is 46.6 Å². The molecule has 0 N–H and O–H groups in total. The Balaban J connectivity index is 1.72. The standard InChI is InChI=1S/C25H30O3S4/c1-5-27-24(26)9-7-6-8-19-12-13-20(32-19)11-10-18-16-21-22(17-23(18)29-2)28-15-14-25(21,30-3)31-4/h12-13,16-17H,5-9,14-15H2,1-4H3. The summed E-state index contributed by atoms with van der Waals surface area (Å²) in [4.78, 5) is 15.0. The van der Waals surface area contributed by atoms with E-state index in [9.17, 15) is 4.79 Å². The molecule has 2 aromatic rings. The lowest BCUT2D eigenvalue weighted by molar-refractivity contribution is -0.143. The molecular formula is C25H30O3S4. The average Bonchev–Trinajstić information content (AvgIpc) is 3.27. The van der Waals surface area contributed by atoms with Gasteiger partial charge in [0.25, 0.3) is 0 Å². The number of unbranched alkanes of at least 4 members (excludes halogenated alkanes) is 1. The highest BCUT2D eigenvalue weighted by Crippen LogP contribution is 2.53. The van der Waals surface area contributed by atoms with Crippen LogP contribution in [0, 0.1) is 11.8 Å². The van der Waals surface area contributed by atoms with Crippen LogP contribution in [0.3, 0.4) is 0 Å². The van der Waals surface area contributed by atoms with Crippen LogP contribution < -0.4 is 4.74 Å². The number of carbonyl (C=O) groups excluding carboxylic acids is 1. The topological polar surface area (TPSA) is 35.5 Å². The zero-order valence-corrected chi connectivity index (χ0v) is 22.4. The van der Waals surface area contributed by atoms with Gasteiger partial charge in [0, 0.05) is 33.7 Å². The number of hydrogen-bond acceptors (Lipinski definition) is 7. The first-order valence-electron chi connectivity index (χ1n) is 10.8. The summed E-state index contributed by atoms with van der Waals surface area (Å²) in [6.45, 7) is 3.05. The van der Waals surface area contributed by atoms with Crippen molar-refractivity contribution in [2.75, 3.05) is 32.0 Å². The van der Waals surface area contributed by atoms with Crippen LogP contribution in [0.1, 0.15) is 53.5 Å². The van der Waals surface area contributed by atoms with E-state index >= 15 is 0 Å². The zero-order valence-electron chi connectivity index (χ0n) is 19.1. The number of thiophene rings is 1. The first-order chi connectivity index (χ1) is 15.5. The van der Waals surface area contributed by atoms with Crippen molar-refractivity contribution in [3.63, 3.8) is 0 Å². The first-order valence-corrected chi connectivity index (χ1v) is 15.3. The molecule has 172 valence electrons. The molecule has 0 fully saturated rings. The monoisotopic (exact) mass is 506 g/mol. The maximum absolute atomic E-state index is 11.4. The van der Waals surface area contributed by atoms with Crippen molar-refractivity contribution in [3.8, 4) is 17.6 Å². The van der Waals surface area contributed by atoms with Gasteiger partial charge in [0.15, 0.2) is 0 Å². The van der Waals surface area contributed by atoms with Gasteiger partial charge in [-0.3, -0.25) is 4.79 Å². The molecule has 7 heteroatoms. The number of ether oxygens (including phenoxy) is 2. The Kier molecular flexibility index (Phi) is 9.78. The van der Waals surface area contributed by atoms with E-state index in [0.717, 1.165) is 53.4 Å². The molecule has 1 aliphatic rings. The Morgan fingerprint density at radius 3 is 2.72 bits per heavy atom. The highest BCUT2D eigenvalue weighted by molar-refractivity contribution is 8.16. The second-order valence-corrected chi connectivity index (χ2v) is 11.8. The molecule has 1 aromatic carbocycles. The zero-order chi connectivity index (χ0) is 23.0. The van der Waals surface area contributed by atoms with E-state index in [1.165, 1.54) is 10.4 Å². The lowest BCUT2D eigenvalue weighted by Crippen LogP contribution is -2.26. The Morgan fingerprint density at radius 2 is 2.00 bits per heavy atom. The summed E-state index contributed by atoms with van der Waals surface area (Å²) in [7, 11) is 0. The highest BCUT2D eigenvalue weighted by atomic mass is 32.2. The lowest BCUT2D eigenvalue weighted by atomic mass is 10.0. The SMILES string of the molecule is CCOC(=O)CCCCc1ccc(C#Cc2cc3c(cc2SC)OCCC3(SC)SC)s1. The van der Waals surface area contributed by atoms with Gasteiger partial charge >= 0.3 is 5.97 Å². The summed E-state index contributed by atoms with van der Waals surface area (Å²) in [5.41, 5.74) is 2.32. The van der Waals surface area contributed by atoms with Crippen molar-refractivity contribution in [2.24, 2.45) is 0 Å². The molecule has 32 heavy (non-hydrogen) atoms. The average molecular weight is 507 g/mol. The fraction of sp³-hybridized carbons (Fsp3) is 0.480. The normalized spacial score (nSPS) is 14.1. The molecule has 0 unspecified atom stereocenters. The molecular weight excluding hydrogens is 477 g/mol. The van der Waals surface area contributed by atoms with Gasteiger partial charge < -0.3 is 9.47 Å². The van der Waals surface area contributed by atoms with Crippen molar-refractivity contribution >= 4 is 52.6 Å². The number of carbonyl (C=O) groups is 1. The summed E-state index contributed by atoms with van der Waals surface area (Å²) in [6.07, 6.45) is 10.8. The van der Waals surface area contributed by atoms with E-state index in [1.54, 1.807) is 23.1 Å². The van der Waals surface area contributed by atoms with Crippen LogP contribution in [0.5, 0.6) is 5.75 Å². The lowest BCUT2D eigenvalue weighted by Gasteiger charge is -2.36. The molecule has 0 saturated carbocycles. The third-order valence-corrected chi connectivity index (χ3v) is 10.4. The van der Waals surface area contributed by atoms with Gasteiger partial charge in [-0.25, -0.2) is 0 Å². The molecule has 0 radical (unpaired) electrons. The summed E-state index contributed by atoms with van der Waals surface area (Å²) < 4.78 is 11.0. The molecule has 0 saturated heterocycles. The number of aryl methyl sites for hydroxylation is 1. The minimum Gasteiger partial charge on any atom is -0.493 e. The van der Waals surface area contributed by atoms with Gasteiger partial charge in [0.2, 0.25) is 0 Å². The first kappa shape index (κ1) is 25.4. The Bertz CT molecular complexity index is 983. The van der Waals surface area contributed by atoms with Crippen molar-refractivity contribution in [2.45, 2.75) is 48.0 Å². The molecule has 0 atom stereocenters. The molecule has 2 heterocycles. The van der Waals surface area contributed by atoms with E-state index in [2.05, 4.69) is 54.9 Å². The predicted octanol–water partition coefficient (Wildman–Crippen LogP) is 6.81. The summed E-state index contributed by atoms with van der Waals surface area (Å²) in [5.74, 6) is 7.71. The molecule has 3 rings (SSSR count). The highest BCUT2D eigenvalue weighted by Gasteiger charge is 2.37. The smallest absolute Gasteiger partial charge is 0.305 e. The van der Waals surface area contributed by atoms with E-state index in [0.29, 0.717) is 13.0 Å². The van der Waals surface area contributed by atoms with Crippen LogP contribution in [0.25, 0.3) is 0 Å². The largest absolute Gasteiger partial charge is 0.493 e. The molecule has 1 aromatic heterocycles. The van der Waals surface area contributed by atoms with Crippen LogP contribution in [0.2, 0.25) is 0 Å². The van der Waals surface area contributed by atoms with Crippen LogP contribution in [0.4, 0.5) is 0 Å². The molecule has 0 aliphatic carbocycles. The summed E-state index contributed by atoms with van der Waals surface area (Å²) in [5, 5.41) is 0. The molecule has 3 nitrogen and oxygen atoms in total. The Morgan fingerprint density at radius 1 is 1.19 bits per heavy atom. The minimum atomic E-state index is -0.0998. The van der Waals surface area contributed by atoms with Crippen LogP contribution in [-0.2, 0) is 20.0 Å². The number of rotatable bonds is 9. The summed E-state index contributed by atoms with van der Waals surface area (Å²) in [6, 6.07) is 8.66. The van der Waals surface area contributed by atoms with Gasteiger partial charge in [0.1, 0.15) is 5.75 Å². The van der Waals surface area contributed by atoms with Gasteiger partial charge in [-0.05, 0) is 69.2 Å². The van der Waals surface area contributed by atoms with Crippen molar-refractivity contribution in [3.05, 3.63) is 45.1 Å². The third-order valence-electron chi connectivity index (χ3n) is 5.40. The van der Waals surface area contributed by atoms with E-state index in [-0.39, 0.29) is 10.0 Å². The number of fused-ring (bicyclic) bond motifs is 1. The maximum Gasteiger partial charge on any atom is 0.305 e. The summed E-state index contributed by atoms with van der Waals surface area (Å²) >= 11 is 7.24. The number of hydrogen-bond donors (Lipinski definition) is 0. The number of thioether (sulfide) groups is 3. The molecule has 0 spiro atoms. The second-order valence-electron chi connectivity index (χ2n) is 7.34. The van der Waals surface area contributed by atoms with Crippen molar-refractivity contribution in [1.29, 1.82) is 0 Å². The number of benzene rings is 1. The van der Waals surface area contributed by atoms with E-state index in [4.69, 9.17) is 9.47 Å². The van der Waals surface area contributed by atoms with Gasteiger partial charge in [-0.1, -0.05) is 11.8 Å².